The molecule has 0 aromatic carbocycles. The van der Waals surface area contributed by atoms with E-state index in [2.05, 4.69) is 27.7 Å². The molecule has 14 heavy (non-hydrogen) atoms. The number of hydrogen-bond acceptors (Lipinski definition) is 1. The van der Waals surface area contributed by atoms with Crippen LogP contribution in [0, 0.1) is 11.3 Å². The Balaban J connectivity index is 2.40. The highest BCUT2D eigenvalue weighted by Gasteiger charge is 2.27. The number of carbonyl (C=O) groups excluding carboxylic acids is 1. The van der Waals surface area contributed by atoms with Gasteiger partial charge in [-0.1, -0.05) is 34.1 Å². The van der Waals surface area contributed by atoms with Crippen molar-refractivity contribution in [3.05, 3.63) is 0 Å². The van der Waals surface area contributed by atoms with Crippen LogP contribution in [0.15, 0.2) is 0 Å². The Hall–Kier alpha value is -0.530. The highest BCUT2D eigenvalue weighted by atomic mass is 16.2. The van der Waals surface area contributed by atoms with E-state index in [4.69, 9.17) is 0 Å². The fraction of sp³-hybridized carbons (Fsp3) is 0.917. The minimum atomic E-state index is 0.126. The summed E-state index contributed by atoms with van der Waals surface area (Å²) in [5.74, 6) is 1.09. The van der Waals surface area contributed by atoms with E-state index < -0.39 is 0 Å². The lowest BCUT2D eigenvalue weighted by Gasteiger charge is -2.22. The number of rotatable bonds is 2. The molecule has 1 aliphatic heterocycles. The predicted octanol–water partition coefficient (Wildman–Crippen LogP) is 2.68. The quantitative estimate of drug-likeness (QED) is 0.666. The molecule has 0 aliphatic carbocycles. The summed E-state index contributed by atoms with van der Waals surface area (Å²) in [7, 11) is 0. The summed E-state index contributed by atoms with van der Waals surface area (Å²) >= 11 is 0. The second-order valence-corrected chi connectivity index (χ2v) is 5.64. The van der Waals surface area contributed by atoms with Gasteiger partial charge in [0.2, 0.25) is 5.91 Å². The zero-order chi connectivity index (χ0) is 10.8. The summed E-state index contributed by atoms with van der Waals surface area (Å²) in [6, 6.07) is 0. The van der Waals surface area contributed by atoms with E-state index in [1.807, 2.05) is 4.90 Å². The smallest absolute Gasteiger partial charge is 0.223 e. The third-order valence-corrected chi connectivity index (χ3v) is 2.90. The van der Waals surface area contributed by atoms with Gasteiger partial charge in [-0.15, -0.1) is 0 Å². The van der Waals surface area contributed by atoms with Gasteiger partial charge in [0.1, 0.15) is 0 Å². The molecular formula is C12H23NO. The van der Waals surface area contributed by atoms with Crippen molar-refractivity contribution in [1.82, 2.24) is 4.90 Å². The van der Waals surface area contributed by atoms with Crippen LogP contribution in [0.5, 0.6) is 0 Å². The molecule has 1 aliphatic rings. The van der Waals surface area contributed by atoms with E-state index in [0.29, 0.717) is 12.3 Å². The van der Waals surface area contributed by atoms with Gasteiger partial charge in [0, 0.05) is 19.5 Å². The van der Waals surface area contributed by atoms with Crippen LogP contribution in [-0.4, -0.2) is 23.9 Å². The van der Waals surface area contributed by atoms with Gasteiger partial charge >= 0.3 is 0 Å². The Morgan fingerprint density at radius 1 is 1.43 bits per heavy atom. The van der Waals surface area contributed by atoms with Crippen molar-refractivity contribution in [1.29, 1.82) is 0 Å². The largest absolute Gasteiger partial charge is 0.342 e. The zero-order valence-electron chi connectivity index (χ0n) is 9.97. The van der Waals surface area contributed by atoms with E-state index >= 15 is 0 Å². The Kier molecular flexibility index (Phi) is 3.57. The molecule has 1 amide bonds. The molecule has 1 rings (SSSR count). The first-order chi connectivity index (χ1) is 6.42. The maximum Gasteiger partial charge on any atom is 0.223 e. The molecule has 2 heteroatoms. The van der Waals surface area contributed by atoms with Gasteiger partial charge in [0.05, 0.1) is 0 Å². The topological polar surface area (TPSA) is 20.3 Å². The van der Waals surface area contributed by atoms with Gasteiger partial charge < -0.3 is 4.90 Å². The van der Waals surface area contributed by atoms with Crippen molar-refractivity contribution in [2.75, 3.05) is 13.1 Å². The first-order valence-electron chi connectivity index (χ1n) is 5.70. The van der Waals surface area contributed by atoms with Crippen molar-refractivity contribution in [3.63, 3.8) is 0 Å². The summed E-state index contributed by atoms with van der Waals surface area (Å²) in [6.45, 7) is 10.6. The Morgan fingerprint density at radius 3 is 2.50 bits per heavy atom. The molecule has 1 fully saturated rings. The molecule has 0 aromatic heterocycles. The van der Waals surface area contributed by atoms with Crippen LogP contribution in [0.25, 0.3) is 0 Å². The Morgan fingerprint density at radius 2 is 2.07 bits per heavy atom. The van der Waals surface area contributed by atoms with Crippen molar-refractivity contribution >= 4 is 5.91 Å². The van der Waals surface area contributed by atoms with Crippen LogP contribution >= 0.6 is 0 Å². The SMILES string of the molecule is CCC1CCN(C(=O)CC(C)(C)C)C1. The normalized spacial score (nSPS) is 22.9. The van der Waals surface area contributed by atoms with Crippen molar-refractivity contribution < 1.29 is 4.79 Å². The van der Waals surface area contributed by atoms with E-state index in [1.54, 1.807) is 0 Å². The Bertz CT molecular complexity index is 205. The minimum Gasteiger partial charge on any atom is -0.342 e. The lowest BCUT2D eigenvalue weighted by Crippen LogP contribution is -2.31. The molecule has 2 nitrogen and oxygen atoms in total. The average molecular weight is 197 g/mol. The monoisotopic (exact) mass is 197 g/mol. The lowest BCUT2D eigenvalue weighted by atomic mass is 9.92. The van der Waals surface area contributed by atoms with Crippen molar-refractivity contribution in [2.24, 2.45) is 11.3 Å². The molecule has 0 N–H and O–H groups in total. The van der Waals surface area contributed by atoms with E-state index in [9.17, 15) is 4.79 Å². The van der Waals surface area contributed by atoms with Crippen LogP contribution in [0.4, 0.5) is 0 Å². The molecule has 0 aromatic rings. The number of likely N-dealkylation sites (tertiary alicyclic amines) is 1. The molecule has 1 saturated heterocycles. The van der Waals surface area contributed by atoms with Crippen LogP contribution in [0.3, 0.4) is 0 Å². The molecule has 1 heterocycles. The summed E-state index contributed by atoms with van der Waals surface area (Å²) in [5.41, 5.74) is 0.126. The number of nitrogens with zero attached hydrogens (tertiary/aromatic N) is 1. The van der Waals surface area contributed by atoms with Gasteiger partial charge in [-0.05, 0) is 17.8 Å². The van der Waals surface area contributed by atoms with Crippen LogP contribution in [0.1, 0.15) is 47.0 Å². The molecule has 0 spiro atoms. The first-order valence-corrected chi connectivity index (χ1v) is 5.70. The number of amides is 1. The fourth-order valence-corrected chi connectivity index (χ4v) is 1.96. The summed E-state index contributed by atoms with van der Waals surface area (Å²) in [4.78, 5) is 13.9. The maximum atomic E-state index is 11.8. The number of carbonyl (C=O) groups is 1. The highest BCUT2D eigenvalue weighted by molar-refractivity contribution is 5.77. The van der Waals surface area contributed by atoms with E-state index in [0.717, 1.165) is 19.0 Å². The molecule has 0 saturated carbocycles. The van der Waals surface area contributed by atoms with Gasteiger partial charge in [-0.2, -0.15) is 0 Å². The van der Waals surface area contributed by atoms with Gasteiger partial charge in [-0.25, -0.2) is 0 Å². The van der Waals surface area contributed by atoms with Crippen LogP contribution < -0.4 is 0 Å². The van der Waals surface area contributed by atoms with Gasteiger partial charge in [-0.3, -0.25) is 4.79 Å². The summed E-state index contributed by atoms with van der Waals surface area (Å²) in [6.07, 6.45) is 3.09. The molecule has 1 atom stereocenters. The summed E-state index contributed by atoms with van der Waals surface area (Å²) < 4.78 is 0. The Labute approximate surface area is 87.7 Å². The highest BCUT2D eigenvalue weighted by Crippen LogP contribution is 2.24. The molecular weight excluding hydrogens is 174 g/mol. The fourth-order valence-electron chi connectivity index (χ4n) is 1.96. The zero-order valence-corrected chi connectivity index (χ0v) is 9.97. The van der Waals surface area contributed by atoms with Crippen LogP contribution in [-0.2, 0) is 4.79 Å². The third-order valence-electron chi connectivity index (χ3n) is 2.90. The lowest BCUT2D eigenvalue weighted by molar-refractivity contribution is -0.132. The second-order valence-electron chi connectivity index (χ2n) is 5.64. The summed E-state index contributed by atoms with van der Waals surface area (Å²) in [5, 5.41) is 0. The van der Waals surface area contributed by atoms with Gasteiger partial charge in [0.25, 0.3) is 0 Å². The number of hydrogen-bond donors (Lipinski definition) is 0. The predicted molar refractivity (Wildman–Crippen MR) is 59.1 cm³/mol. The van der Waals surface area contributed by atoms with E-state index in [1.165, 1.54) is 12.8 Å². The first kappa shape index (κ1) is 11.5. The molecule has 0 radical (unpaired) electrons. The molecule has 1 unspecified atom stereocenters. The minimum absolute atomic E-state index is 0.126. The second kappa shape index (κ2) is 4.33. The maximum absolute atomic E-state index is 11.8. The average Bonchev–Trinajstić information content (AvgIpc) is 2.48. The third kappa shape index (κ3) is 3.32. The van der Waals surface area contributed by atoms with E-state index in [-0.39, 0.29) is 5.41 Å². The van der Waals surface area contributed by atoms with Crippen molar-refractivity contribution in [2.45, 2.75) is 47.0 Å². The molecule has 82 valence electrons. The standard InChI is InChI=1S/C12H23NO/c1-5-10-6-7-13(9-10)11(14)8-12(2,3)4/h10H,5-9H2,1-4H3. The molecule has 0 bridgehead atoms. The van der Waals surface area contributed by atoms with Crippen molar-refractivity contribution in [3.8, 4) is 0 Å². The van der Waals surface area contributed by atoms with Gasteiger partial charge in [0.15, 0.2) is 0 Å². The van der Waals surface area contributed by atoms with Crippen LogP contribution in [0.2, 0.25) is 0 Å².